The first kappa shape index (κ1) is 19.2. The fraction of sp³-hybridized carbons (Fsp3) is 0.250. The predicted molar refractivity (Wildman–Crippen MR) is 102 cm³/mol. The summed E-state index contributed by atoms with van der Waals surface area (Å²) >= 11 is 0. The summed E-state index contributed by atoms with van der Waals surface area (Å²) in [6, 6.07) is 12.4. The van der Waals surface area contributed by atoms with Crippen molar-refractivity contribution in [2.75, 3.05) is 10.6 Å². The van der Waals surface area contributed by atoms with E-state index in [9.17, 15) is 14.4 Å². The normalized spacial score (nSPS) is 11.4. The second-order valence-electron chi connectivity index (χ2n) is 6.21. The highest BCUT2D eigenvalue weighted by atomic mass is 16.2. The number of hydrogen-bond donors (Lipinski definition) is 3. The Balaban J connectivity index is 2.27. The summed E-state index contributed by atoms with van der Waals surface area (Å²) in [6.45, 7) is 6.66. The first-order valence-corrected chi connectivity index (χ1v) is 8.33. The van der Waals surface area contributed by atoms with Crippen molar-refractivity contribution < 1.29 is 14.4 Å². The van der Waals surface area contributed by atoms with Gasteiger partial charge in [0.15, 0.2) is 0 Å². The molecule has 136 valence electrons. The van der Waals surface area contributed by atoms with Gasteiger partial charge in [-0.2, -0.15) is 0 Å². The van der Waals surface area contributed by atoms with Gasteiger partial charge in [0.1, 0.15) is 0 Å². The van der Waals surface area contributed by atoms with Gasteiger partial charge in [-0.25, -0.2) is 0 Å². The van der Waals surface area contributed by atoms with E-state index in [-0.39, 0.29) is 23.8 Å². The fourth-order valence-electron chi connectivity index (χ4n) is 2.74. The molecule has 1 atom stereocenters. The van der Waals surface area contributed by atoms with Crippen molar-refractivity contribution in [3.63, 3.8) is 0 Å². The molecule has 6 nitrogen and oxygen atoms in total. The molecule has 3 N–H and O–H groups in total. The van der Waals surface area contributed by atoms with Gasteiger partial charge in [-0.3, -0.25) is 14.4 Å². The van der Waals surface area contributed by atoms with Gasteiger partial charge in [0.25, 0.3) is 5.91 Å². The van der Waals surface area contributed by atoms with Crippen LogP contribution in [0.2, 0.25) is 0 Å². The van der Waals surface area contributed by atoms with Gasteiger partial charge in [0.05, 0.1) is 6.04 Å². The standard InChI is InChI=1S/C20H23N3O3/c1-12-7-5-6-8-19(12)13(2)21-20(26)16-9-17(22-14(3)24)11-18(10-16)23-15(4)25/h5-11,13H,1-4H3,(H,21,26)(H,22,24)(H,23,25). The van der Waals surface area contributed by atoms with Crippen LogP contribution >= 0.6 is 0 Å². The SMILES string of the molecule is CC(=O)Nc1cc(NC(C)=O)cc(C(=O)NC(C)c2ccccc2C)c1. The summed E-state index contributed by atoms with van der Waals surface area (Å²) in [6.07, 6.45) is 0. The minimum absolute atomic E-state index is 0.183. The van der Waals surface area contributed by atoms with E-state index in [1.807, 2.05) is 38.1 Å². The topological polar surface area (TPSA) is 87.3 Å². The van der Waals surface area contributed by atoms with Crippen molar-refractivity contribution in [1.29, 1.82) is 0 Å². The van der Waals surface area contributed by atoms with Crippen molar-refractivity contribution in [3.05, 3.63) is 59.2 Å². The highest BCUT2D eigenvalue weighted by Gasteiger charge is 2.15. The molecule has 0 saturated carbocycles. The highest BCUT2D eigenvalue weighted by molar-refractivity contribution is 6.00. The van der Waals surface area contributed by atoms with Crippen LogP contribution in [0.4, 0.5) is 11.4 Å². The zero-order valence-corrected chi connectivity index (χ0v) is 15.3. The number of hydrogen-bond acceptors (Lipinski definition) is 3. The second kappa shape index (κ2) is 8.29. The van der Waals surface area contributed by atoms with E-state index in [0.29, 0.717) is 16.9 Å². The van der Waals surface area contributed by atoms with Crippen LogP contribution in [-0.4, -0.2) is 17.7 Å². The molecule has 1 unspecified atom stereocenters. The number of anilines is 2. The van der Waals surface area contributed by atoms with E-state index in [2.05, 4.69) is 16.0 Å². The molecule has 0 aliphatic heterocycles. The lowest BCUT2D eigenvalue weighted by atomic mass is 10.0. The monoisotopic (exact) mass is 353 g/mol. The molecule has 0 fully saturated rings. The zero-order chi connectivity index (χ0) is 19.3. The molecule has 0 radical (unpaired) electrons. The van der Waals surface area contributed by atoms with E-state index in [1.54, 1.807) is 18.2 Å². The Labute approximate surface area is 153 Å². The maximum atomic E-state index is 12.7. The van der Waals surface area contributed by atoms with E-state index in [0.717, 1.165) is 11.1 Å². The van der Waals surface area contributed by atoms with Gasteiger partial charge in [-0.1, -0.05) is 24.3 Å². The van der Waals surface area contributed by atoms with Crippen molar-refractivity contribution in [2.24, 2.45) is 0 Å². The number of benzene rings is 2. The van der Waals surface area contributed by atoms with Crippen molar-refractivity contribution in [1.82, 2.24) is 5.32 Å². The Morgan fingerprint density at radius 2 is 1.42 bits per heavy atom. The van der Waals surface area contributed by atoms with Gasteiger partial charge in [-0.05, 0) is 43.2 Å². The van der Waals surface area contributed by atoms with Crippen LogP contribution in [0.1, 0.15) is 48.3 Å². The number of aryl methyl sites for hydroxylation is 1. The Bertz CT molecular complexity index is 812. The average molecular weight is 353 g/mol. The number of rotatable bonds is 5. The summed E-state index contributed by atoms with van der Waals surface area (Å²) in [5.74, 6) is -0.811. The molecular weight excluding hydrogens is 330 g/mol. The lowest BCUT2D eigenvalue weighted by Crippen LogP contribution is -2.27. The van der Waals surface area contributed by atoms with E-state index < -0.39 is 0 Å². The molecule has 0 spiro atoms. The molecule has 2 aromatic carbocycles. The molecule has 0 saturated heterocycles. The van der Waals surface area contributed by atoms with Crippen LogP contribution in [0.15, 0.2) is 42.5 Å². The van der Waals surface area contributed by atoms with E-state index in [4.69, 9.17) is 0 Å². The quantitative estimate of drug-likeness (QED) is 0.770. The third-order valence-electron chi connectivity index (χ3n) is 3.84. The molecule has 3 amide bonds. The minimum Gasteiger partial charge on any atom is -0.346 e. The van der Waals surface area contributed by atoms with E-state index >= 15 is 0 Å². The van der Waals surface area contributed by atoms with Crippen LogP contribution in [0.5, 0.6) is 0 Å². The smallest absolute Gasteiger partial charge is 0.251 e. The van der Waals surface area contributed by atoms with Gasteiger partial charge in [0.2, 0.25) is 11.8 Å². The maximum Gasteiger partial charge on any atom is 0.251 e. The molecule has 6 heteroatoms. The van der Waals surface area contributed by atoms with Crippen molar-refractivity contribution >= 4 is 29.1 Å². The molecule has 2 rings (SSSR count). The lowest BCUT2D eigenvalue weighted by Gasteiger charge is -2.17. The van der Waals surface area contributed by atoms with Crippen LogP contribution in [0.25, 0.3) is 0 Å². The third kappa shape index (κ3) is 5.17. The lowest BCUT2D eigenvalue weighted by molar-refractivity contribution is -0.115. The molecule has 26 heavy (non-hydrogen) atoms. The maximum absolute atomic E-state index is 12.7. The molecule has 0 aromatic heterocycles. The predicted octanol–water partition coefficient (Wildman–Crippen LogP) is 3.40. The van der Waals surface area contributed by atoms with Crippen molar-refractivity contribution in [3.8, 4) is 0 Å². The number of nitrogens with one attached hydrogen (secondary N) is 3. The summed E-state index contributed by atoms with van der Waals surface area (Å²) in [5, 5.41) is 8.23. The summed E-state index contributed by atoms with van der Waals surface area (Å²) in [7, 11) is 0. The molecule has 0 aliphatic carbocycles. The van der Waals surface area contributed by atoms with Crippen LogP contribution in [0, 0.1) is 6.92 Å². The first-order valence-electron chi connectivity index (χ1n) is 8.33. The molecular formula is C20H23N3O3. The van der Waals surface area contributed by atoms with Gasteiger partial charge < -0.3 is 16.0 Å². The van der Waals surface area contributed by atoms with Gasteiger partial charge >= 0.3 is 0 Å². The van der Waals surface area contributed by atoms with Crippen LogP contribution in [-0.2, 0) is 9.59 Å². The highest BCUT2D eigenvalue weighted by Crippen LogP contribution is 2.21. The van der Waals surface area contributed by atoms with Gasteiger partial charge in [-0.15, -0.1) is 0 Å². The molecule has 0 aliphatic rings. The Hall–Kier alpha value is -3.15. The first-order chi connectivity index (χ1) is 12.3. The van der Waals surface area contributed by atoms with E-state index in [1.165, 1.54) is 13.8 Å². The Morgan fingerprint density at radius 1 is 0.885 bits per heavy atom. The molecule has 0 bridgehead atoms. The Morgan fingerprint density at radius 3 is 1.92 bits per heavy atom. The summed E-state index contributed by atoms with van der Waals surface area (Å²) in [4.78, 5) is 35.3. The van der Waals surface area contributed by atoms with Crippen molar-refractivity contribution in [2.45, 2.75) is 33.7 Å². The minimum atomic E-state index is -0.292. The average Bonchev–Trinajstić information content (AvgIpc) is 2.53. The fourth-order valence-corrected chi connectivity index (χ4v) is 2.74. The third-order valence-corrected chi connectivity index (χ3v) is 3.84. The zero-order valence-electron chi connectivity index (χ0n) is 15.3. The summed E-state index contributed by atoms with van der Waals surface area (Å²) < 4.78 is 0. The second-order valence-corrected chi connectivity index (χ2v) is 6.21. The molecule has 2 aromatic rings. The molecule has 0 heterocycles. The van der Waals surface area contributed by atoms with Gasteiger partial charge in [0, 0.05) is 30.8 Å². The Kier molecular flexibility index (Phi) is 6.11. The van der Waals surface area contributed by atoms with Crippen LogP contribution < -0.4 is 16.0 Å². The number of amides is 3. The number of carbonyl (C=O) groups excluding carboxylic acids is 3. The largest absolute Gasteiger partial charge is 0.346 e. The van der Waals surface area contributed by atoms with Crippen LogP contribution in [0.3, 0.4) is 0 Å². The summed E-state index contributed by atoms with van der Waals surface area (Å²) in [5.41, 5.74) is 3.35. The number of carbonyl (C=O) groups is 3.